The average molecular weight is 351 g/mol. The van der Waals surface area contributed by atoms with Gasteiger partial charge >= 0.3 is 7.12 Å². The lowest BCUT2D eigenvalue weighted by Gasteiger charge is -2.32. The number of nitro groups is 1. The number of benzene rings is 1. The summed E-state index contributed by atoms with van der Waals surface area (Å²) < 4.78 is 36.7. The lowest BCUT2D eigenvalue weighted by molar-refractivity contribution is -0.385. The van der Waals surface area contributed by atoms with E-state index in [1.807, 2.05) is 0 Å². The van der Waals surface area contributed by atoms with Crippen molar-refractivity contribution in [3.8, 4) is 11.5 Å². The van der Waals surface area contributed by atoms with Crippen molar-refractivity contribution >= 4 is 18.9 Å². The van der Waals surface area contributed by atoms with Crippen LogP contribution in [-0.2, 0) is 9.31 Å². The number of hydrogen-bond donors (Lipinski definition) is 0. The summed E-state index contributed by atoms with van der Waals surface area (Å²) in [5, 5.41) is 11.3. The second-order valence-corrected chi connectivity index (χ2v) is 6.93. The Balaban J connectivity index is 1.96. The number of ether oxygens (including phenoxy) is 2. The molecule has 0 aromatic heterocycles. The maximum absolute atomic E-state index is 14.7. The number of halogens is 1. The SMILES string of the molecule is CC1(C)OB(C(F)=Cc2cc3c(cc2[N+](=O)[O-])OCCO3)OC1(C)C. The minimum atomic E-state index is -1.22. The molecule has 1 fully saturated rings. The molecule has 2 aliphatic heterocycles. The van der Waals surface area contributed by atoms with Crippen molar-refractivity contribution in [2.45, 2.75) is 38.9 Å². The topological polar surface area (TPSA) is 80.1 Å². The summed E-state index contributed by atoms with van der Waals surface area (Å²) >= 11 is 0. The van der Waals surface area contributed by atoms with Crippen molar-refractivity contribution in [3.05, 3.63) is 33.5 Å². The molecule has 0 spiro atoms. The average Bonchev–Trinajstić information content (AvgIpc) is 2.74. The molecule has 9 heteroatoms. The second-order valence-electron chi connectivity index (χ2n) is 6.93. The van der Waals surface area contributed by atoms with Crippen LogP contribution in [0.25, 0.3) is 6.08 Å². The molecule has 0 amide bonds. The second kappa shape index (κ2) is 6.00. The van der Waals surface area contributed by atoms with E-state index in [9.17, 15) is 14.5 Å². The zero-order chi connectivity index (χ0) is 18.4. The number of nitro benzene ring substituents is 1. The minimum absolute atomic E-state index is 0.0569. The first kappa shape index (κ1) is 17.7. The highest BCUT2D eigenvalue weighted by atomic mass is 19.1. The van der Waals surface area contributed by atoms with Gasteiger partial charge in [0.2, 0.25) is 0 Å². The van der Waals surface area contributed by atoms with Crippen LogP contribution in [0.4, 0.5) is 10.1 Å². The largest absolute Gasteiger partial charge is 0.525 e. The van der Waals surface area contributed by atoms with Crippen molar-refractivity contribution in [2.75, 3.05) is 13.2 Å². The molecular formula is C16H19BFNO6. The smallest absolute Gasteiger partial charge is 0.486 e. The monoisotopic (exact) mass is 351 g/mol. The Bertz CT molecular complexity index is 732. The van der Waals surface area contributed by atoms with E-state index in [2.05, 4.69) is 0 Å². The zero-order valence-corrected chi connectivity index (χ0v) is 14.5. The lowest BCUT2D eigenvalue weighted by atomic mass is 9.86. The molecule has 0 N–H and O–H groups in total. The molecule has 2 aliphatic rings. The number of nitrogens with zero attached hydrogens (tertiary/aromatic N) is 1. The van der Waals surface area contributed by atoms with Crippen LogP contribution in [0.15, 0.2) is 17.9 Å². The molecule has 1 aromatic carbocycles. The molecule has 134 valence electrons. The summed E-state index contributed by atoms with van der Waals surface area (Å²) in [7, 11) is -1.22. The number of fused-ring (bicyclic) bond motifs is 1. The minimum Gasteiger partial charge on any atom is -0.486 e. The van der Waals surface area contributed by atoms with Gasteiger partial charge in [-0.15, -0.1) is 0 Å². The Labute approximate surface area is 145 Å². The molecular weight excluding hydrogens is 332 g/mol. The van der Waals surface area contributed by atoms with Crippen LogP contribution >= 0.6 is 0 Å². The number of hydrogen-bond acceptors (Lipinski definition) is 6. The van der Waals surface area contributed by atoms with Gasteiger partial charge in [0.05, 0.1) is 27.8 Å². The quantitative estimate of drug-likeness (QED) is 0.472. The first-order valence-electron chi connectivity index (χ1n) is 7.91. The van der Waals surface area contributed by atoms with Crippen LogP contribution in [0.3, 0.4) is 0 Å². The van der Waals surface area contributed by atoms with E-state index in [-0.39, 0.29) is 17.0 Å². The molecule has 2 heterocycles. The van der Waals surface area contributed by atoms with Crippen molar-refractivity contribution in [3.63, 3.8) is 0 Å². The maximum atomic E-state index is 14.7. The van der Waals surface area contributed by atoms with E-state index in [0.717, 1.165) is 6.08 Å². The Morgan fingerprint density at radius 3 is 2.20 bits per heavy atom. The van der Waals surface area contributed by atoms with Gasteiger partial charge in [0.15, 0.2) is 11.5 Å². The standard InChI is InChI=1S/C16H19BFNO6/c1-15(2)16(3,4)25-17(24-15)14(18)8-10-7-12-13(23-6-5-22-12)9-11(10)19(20)21/h7-9H,5-6H2,1-4H3. The molecule has 25 heavy (non-hydrogen) atoms. The third-order valence-corrected chi connectivity index (χ3v) is 4.66. The normalized spacial score (nSPS) is 21.3. The Hall–Kier alpha value is -2.13. The van der Waals surface area contributed by atoms with Gasteiger partial charge in [-0.3, -0.25) is 10.1 Å². The van der Waals surface area contributed by atoms with Crippen molar-refractivity contribution in [1.29, 1.82) is 0 Å². The van der Waals surface area contributed by atoms with E-state index >= 15 is 0 Å². The fourth-order valence-corrected chi connectivity index (χ4v) is 2.54. The molecule has 0 unspecified atom stereocenters. The zero-order valence-electron chi connectivity index (χ0n) is 14.5. The third-order valence-electron chi connectivity index (χ3n) is 4.66. The first-order valence-corrected chi connectivity index (χ1v) is 7.91. The molecule has 0 radical (unpaired) electrons. The molecule has 0 aliphatic carbocycles. The highest BCUT2D eigenvalue weighted by Gasteiger charge is 2.53. The van der Waals surface area contributed by atoms with Crippen molar-refractivity contribution in [1.82, 2.24) is 0 Å². The Kier molecular flexibility index (Phi) is 4.24. The lowest BCUT2D eigenvalue weighted by Crippen LogP contribution is -2.41. The molecule has 3 rings (SSSR count). The van der Waals surface area contributed by atoms with Crippen LogP contribution < -0.4 is 9.47 Å². The molecule has 1 saturated heterocycles. The first-order chi connectivity index (χ1) is 11.6. The summed E-state index contributed by atoms with van der Waals surface area (Å²) in [5.74, 6) is 0.607. The van der Waals surface area contributed by atoms with Crippen LogP contribution in [0.5, 0.6) is 11.5 Å². The van der Waals surface area contributed by atoms with Gasteiger partial charge in [-0.25, -0.2) is 4.39 Å². The maximum Gasteiger partial charge on any atom is 0.525 e. The van der Waals surface area contributed by atoms with Crippen LogP contribution in [0, 0.1) is 10.1 Å². The summed E-state index contributed by atoms with van der Waals surface area (Å²) in [4.78, 5) is 10.7. The number of rotatable bonds is 3. The van der Waals surface area contributed by atoms with Gasteiger partial charge in [-0.2, -0.15) is 0 Å². The summed E-state index contributed by atoms with van der Waals surface area (Å²) in [6.07, 6.45) is 1.04. The Morgan fingerprint density at radius 1 is 1.16 bits per heavy atom. The molecule has 1 aromatic rings. The third kappa shape index (κ3) is 3.21. The van der Waals surface area contributed by atoms with Gasteiger partial charge in [0.1, 0.15) is 18.9 Å². The van der Waals surface area contributed by atoms with E-state index < -0.39 is 29.0 Å². The molecule has 0 bridgehead atoms. The summed E-state index contributed by atoms with van der Waals surface area (Å²) in [5.41, 5.74) is -2.39. The van der Waals surface area contributed by atoms with Crippen LogP contribution in [0.2, 0.25) is 0 Å². The molecule has 0 saturated carbocycles. The van der Waals surface area contributed by atoms with E-state index in [1.54, 1.807) is 27.7 Å². The van der Waals surface area contributed by atoms with Gasteiger partial charge < -0.3 is 18.8 Å². The Morgan fingerprint density at radius 2 is 1.68 bits per heavy atom. The van der Waals surface area contributed by atoms with Gasteiger partial charge in [-0.05, 0) is 39.8 Å². The summed E-state index contributed by atoms with van der Waals surface area (Å²) in [6.45, 7) is 7.83. The fraction of sp³-hybridized carbons (Fsp3) is 0.500. The van der Waals surface area contributed by atoms with E-state index in [0.29, 0.717) is 19.0 Å². The predicted octanol–water partition coefficient (Wildman–Crippen LogP) is 3.31. The van der Waals surface area contributed by atoms with Crippen molar-refractivity contribution < 1.29 is 28.1 Å². The molecule has 7 nitrogen and oxygen atoms in total. The van der Waals surface area contributed by atoms with Gasteiger partial charge in [-0.1, -0.05) is 0 Å². The predicted molar refractivity (Wildman–Crippen MR) is 89.3 cm³/mol. The van der Waals surface area contributed by atoms with E-state index in [4.69, 9.17) is 18.8 Å². The van der Waals surface area contributed by atoms with Gasteiger partial charge in [0, 0.05) is 0 Å². The summed E-state index contributed by atoms with van der Waals surface area (Å²) in [6, 6.07) is 2.62. The van der Waals surface area contributed by atoms with E-state index in [1.165, 1.54) is 12.1 Å². The highest BCUT2D eigenvalue weighted by Crippen LogP contribution is 2.41. The van der Waals surface area contributed by atoms with Crippen molar-refractivity contribution in [2.24, 2.45) is 0 Å². The fourth-order valence-electron chi connectivity index (χ4n) is 2.54. The highest BCUT2D eigenvalue weighted by molar-refractivity contribution is 6.54. The molecule has 0 atom stereocenters. The van der Waals surface area contributed by atoms with Crippen LogP contribution in [-0.4, -0.2) is 36.5 Å². The van der Waals surface area contributed by atoms with Crippen LogP contribution in [0.1, 0.15) is 33.3 Å². The van der Waals surface area contributed by atoms with Gasteiger partial charge in [0.25, 0.3) is 5.69 Å².